The first kappa shape index (κ1) is 14.0. The molecule has 17 heavy (non-hydrogen) atoms. The Hall–Kier alpha value is -1.10. The Bertz CT molecular complexity index is 366. The van der Waals surface area contributed by atoms with Crippen LogP contribution in [0, 0.1) is 6.92 Å². The molecule has 1 aromatic carbocycles. The van der Waals surface area contributed by atoms with Crippen LogP contribution in [0.2, 0.25) is 0 Å². The molecule has 2 atom stereocenters. The lowest BCUT2D eigenvalue weighted by molar-refractivity contribution is 0.181. The fourth-order valence-electron chi connectivity index (χ4n) is 2.11. The van der Waals surface area contributed by atoms with Crippen LogP contribution in [-0.4, -0.2) is 43.9 Å². The minimum absolute atomic E-state index is 0.00426. The van der Waals surface area contributed by atoms with Gasteiger partial charge in [0.2, 0.25) is 0 Å². The van der Waals surface area contributed by atoms with Crippen LogP contribution in [0.15, 0.2) is 18.2 Å². The second kappa shape index (κ2) is 6.00. The summed E-state index contributed by atoms with van der Waals surface area (Å²) in [5.74, 6) is 0.865. The molecule has 3 N–H and O–H groups in total. The molecule has 0 bridgehead atoms. The lowest BCUT2D eigenvalue weighted by Crippen LogP contribution is -2.39. The predicted molar refractivity (Wildman–Crippen MR) is 69.2 cm³/mol. The molecule has 1 aromatic rings. The van der Waals surface area contributed by atoms with Gasteiger partial charge in [-0.3, -0.25) is 0 Å². The average Bonchev–Trinajstić information content (AvgIpc) is 2.28. The van der Waals surface area contributed by atoms with Crippen LogP contribution in [0.25, 0.3) is 0 Å². The van der Waals surface area contributed by atoms with Crippen LogP contribution in [0.4, 0.5) is 0 Å². The number of hydrogen-bond donors (Lipinski definition) is 2. The van der Waals surface area contributed by atoms with Crippen molar-refractivity contribution < 1.29 is 9.84 Å². The monoisotopic (exact) mass is 238 g/mol. The van der Waals surface area contributed by atoms with E-state index >= 15 is 0 Å². The summed E-state index contributed by atoms with van der Waals surface area (Å²) in [4.78, 5) is 2.02. The van der Waals surface area contributed by atoms with Crippen molar-refractivity contribution >= 4 is 0 Å². The number of aliphatic hydroxyl groups excluding tert-OH is 1. The Morgan fingerprint density at radius 2 is 2.06 bits per heavy atom. The molecule has 2 unspecified atom stereocenters. The predicted octanol–water partition coefficient (Wildman–Crippen LogP) is 0.926. The van der Waals surface area contributed by atoms with Gasteiger partial charge < -0.3 is 20.5 Å². The summed E-state index contributed by atoms with van der Waals surface area (Å²) in [5.41, 5.74) is 8.11. The Labute approximate surface area is 103 Å². The van der Waals surface area contributed by atoms with Gasteiger partial charge in [0, 0.05) is 6.04 Å². The summed E-state index contributed by atoms with van der Waals surface area (Å²) < 4.78 is 5.23. The molecule has 0 aliphatic heterocycles. The third-order valence-electron chi connectivity index (χ3n) is 2.93. The molecule has 0 fully saturated rings. The molecule has 1 rings (SSSR count). The van der Waals surface area contributed by atoms with Gasteiger partial charge in [0.25, 0.3) is 0 Å². The zero-order chi connectivity index (χ0) is 13.0. The second-order valence-corrected chi connectivity index (χ2v) is 4.48. The molecular formula is C13H22N2O2. The lowest BCUT2D eigenvalue weighted by atomic mass is 9.97. The maximum absolute atomic E-state index is 9.21. The van der Waals surface area contributed by atoms with E-state index in [0.717, 1.165) is 16.9 Å². The second-order valence-electron chi connectivity index (χ2n) is 4.48. The largest absolute Gasteiger partial charge is 0.496 e. The fraction of sp³-hybridized carbons (Fsp3) is 0.538. The highest BCUT2D eigenvalue weighted by atomic mass is 16.5. The zero-order valence-corrected chi connectivity index (χ0v) is 11.0. The Balaban J connectivity index is 3.07. The average molecular weight is 238 g/mol. The molecule has 0 radical (unpaired) electrons. The first-order chi connectivity index (χ1) is 8.01. The molecule has 96 valence electrons. The third kappa shape index (κ3) is 3.19. The van der Waals surface area contributed by atoms with Crippen LogP contribution < -0.4 is 10.5 Å². The van der Waals surface area contributed by atoms with Crippen molar-refractivity contribution in [1.82, 2.24) is 4.90 Å². The maximum atomic E-state index is 9.21. The highest BCUT2D eigenvalue weighted by Crippen LogP contribution is 2.26. The molecule has 0 spiro atoms. The number of ether oxygens (including phenoxy) is 1. The van der Waals surface area contributed by atoms with E-state index in [2.05, 4.69) is 6.07 Å². The van der Waals surface area contributed by atoms with E-state index in [1.54, 1.807) is 7.11 Å². The smallest absolute Gasteiger partial charge is 0.121 e. The van der Waals surface area contributed by atoms with Gasteiger partial charge in [0.1, 0.15) is 5.75 Å². The standard InChI is InChI=1S/C13H22N2O2/c1-9-7-10(5-6-12(9)17-4)13(15(2)3)11(14)8-16/h5-7,11,13,16H,8,14H2,1-4H3. The molecule has 0 aromatic heterocycles. The van der Waals surface area contributed by atoms with Crippen molar-refractivity contribution in [3.63, 3.8) is 0 Å². The quantitative estimate of drug-likeness (QED) is 0.801. The maximum Gasteiger partial charge on any atom is 0.121 e. The van der Waals surface area contributed by atoms with Crippen molar-refractivity contribution in [1.29, 1.82) is 0 Å². The zero-order valence-electron chi connectivity index (χ0n) is 11.0. The minimum atomic E-state index is -0.294. The summed E-state index contributed by atoms with van der Waals surface area (Å²) in [5, 5.41) is 9.21. The first-order valence-electron chi connectivity index (χ1n) is 5.68. The molecule has 4 heteroatoms. The Morgan fingerprint density at radius 3 is 2.47 bits per heavy atom. The summed E-state index contributed by atoms with van der Waals surface area (Å²) in [6, 6.07) is 5.69. The number of nitrogens with zero attached hydrogens (tertiary/aromatic N) is 1. The number of likely N-dealkylation sites (N-methyl/N-ethyl adjacent to an activating group) is 1. The van der Waals surface area contributed by atoms with E-state index in [1.165, 1.54) is 0 Å². The number of methoxy groups -OCH3 is 1. The number of nitrogens with two attached hydrogens (primary N) is 1. The van der Waals surface area contributed by atoms with Crippen molar-refractivity contribution in [2.45, 2.75) is 19.0 Å². The van der Waals surface area contributed by atoms with Crippen LogP contribution >= 0.6 is 0 Å². The van der Waals surface area contributed by atoms with Gasteiger partial charge in [-0.15, -0.1) is 0 Å². The van der Waals surface area contributed by atoms with Gasteiger partial charge in [-0.1, -0.05) is 12.1 Å². The van der Waals surface area contributed by atoms with Gasteiger partial charge in [-0.05, 0) is 38.2 Å². The molecule has 0 saturated heterocycles. The summed E-state index contributed by atoms with van der Waals surface area (Å²) in [6.07, 6.45) is 0. The summed E-state index contributed by atoms with van der Waals surface area (Å²) >= 11 is 0. The van der Waals surface area contributed by atoms with Crippen molar-refractivity contribution in [2.24, 2.45) is 5.73 Å². The first-order valence-corrected chi connectivity index (χ1v) is 5.68. The lowest BCUT2D eigenvalue weighted by Gasteiger charge is -2.29. The molecule has 0 amide bonds. The Kier molecular flexibility index (Phi) is 4.93. The van der Waals surface area contributed by atoms with Crippen molar-refractivity contribution in [3.8, 4) is 5.75 Å². The highest BCUT2D eigenvalue weighted by molar-refractivity contribution is 5.37. The summed E-state index contributed by atoms with van der Waals surface area (Å²) in [6.45, 7) is 1.97. The van der Waals surface area contributed by atoms with Gasteiger partial charge in [-0.25, -0.2) is 0 Å². The van der Waals surface area contributed by atoms with Crippen molar-refractivity contribution in [2.75, 3.05) is 27.8 Å². The fourth-order valence-corrected chi connectivity index (χ4v) is 2.11. The van der Waals surface area contributed by atoms with Gasteiger partial charge >= 0.3 is 0 Å². The van der Waals surface area contributed by atoms with Crippen LogP contribution in [0.3, 0.4) is 0 Å². The van der Waals surface area contributed by atoms with E-state index in [1.807, 2.05) is 38.1 Å². The minimum Gasteiger partial charge on any atom is -0.496 e. The number of aliphatic hydroxyl groups is 1. The SMILES string of the molecule is COc1ccc(C(C(N)CO)N(C)C)cc1C. The number of aryl methyl sites for hydroxylation is 1. The summed E-state index contributed by atoms with van der Waals surface area (Å²) in [7, 11) is 5.57. The number of rotatable bonds is 5. The topological polar surface area (TPSA) is 58.7 Å². The van der Waals surface area contributed by atoms with Gasteiger partial charge in [-0.2, -0.15) is 0 Å². The Morgan fingerprint density at radius 1 is 1.41 bits per heavy atom. The molecular weight excluding hydrogens is 216 g/mol. The highest BCUT2D eigenvalue weighted by Gasteiger charge is 2.21. The molecule has 0 aliphatic rings. The van der Waals surface area contributed by atoms with Crippen LogP contribution in [-0.2, 0) is 0 Å². The van der Waals surface area contributed by atoms with E-state index in [-0.39, 0.29) is 18.7 Å². The number of hydrogen-bond acceptors (Lipinski definition) is 4. The number of benzene rings is 1. The van der Waals surface area contributed by atoms with E-state index in [4.69, 9.17) is 10.5 Å². The third-order valence-corrected chi connectivity index (χ3v) is 2.93. The van der Waals surface area contributed by atoms with Crippen LogP contribution in [0.1, 0.15) is 17.2 Å². The molecule has 0 aliphatic carbocycles. The van der Waals surface area contributed by atoms with Crippen molar-refractivity contribution in [3.05, 3.63) is 29.3 Å². The van der Waals surface area contributed by atoms with E-state index in [9.17, 15) is 5.11 Å². The van der Waals surface area contributed by atoms with E-state index < -0.39 is 0 Å². The van der Waals surface area contributed by atoms with Gasteiger partial charge in [0.05, 0.1) is 19.8 Å². The molecule has 4 nitrogen and oxygen atoms in total. The molecule has 0 heterocycles. The van der Waals surface area contributed by atoms with Gasteiger partial charge in [0.15, 0.2) is 0 Å². The van der Waals surface area contributed by atoms with Crippen LogP contribution in [0.5, 0.6) is 5.75 Å². The molecule has 0 saturated carbocycles. The van der Waals surface area contributed by atoms with E-state index in [0.29, 0.717) is 0 Å². The normalized spacial score (nSPS) is 14.8.